The molecule has 0 spiro atoms. The molecule has 0 radical (unpaired) electrons. The van der Waals surface area contributed by atoms with E-state index in [1.165, 1.54) is 0 Å². The van der Waals surface area contributed by atoms with Crippen LogP contribution in [0.3, 0.4) is 0 Å². The molecule has 1 aliphatic heterocycles. The number of fused-ring (bicyclic) bond motifs is 1. The van der Waals surface area contributed by atoms with Crippen molar-refractivity contribution >= 4 is 21.6 Å². The smallest absolute Gasteiger partial charge is 0.258 e. The molecule has 1 aliphatic rings. The van der Waals surface area contributed by atoms with Gasteiger partial charge in [0.15, 0.2) is 0 Å². The van der Waals surface area contributed by atoms with E-state index in [0.29, 0.717) is 11.7 Å². The predicted molar refractivity (Wildman–Crippen MR) is 86.5 cm³/mol. The zero-order valence-corrected chi connectivity index (χ0v) is 13.6. The summed E-state index contributed by atoms with van der Waals surface area (Å²) in [6, 6.07) is 5.99. The third kappa shape index (κ3) is 3.17. The number of pyridine rings is 1. The third-order valence-corrected chi connectivity index (χ3v) is 4.30. The number of aromatic nitrogens is 2. The van der Waals surface area contributed by atoms with E-state index in [2.05, 4.69) is 38.1 Å². The van der Waals surface area contributed by atoms with Crippen LogP contribution in [0.2, 0.25) is 0 Å². The van der Waals surface area contributed by atoms with Gasteiger partial charge in [-0.3, -0.25) is 14.1 Å². The number of rotatable bonds is 5. The van der Waals surface area contributed by atoms with Crippen LogP contribution < -0.4 is 10.9 Å². The molecule has 5 nitrogen and oxygen atoms in total. The Hall–Kier alpha value is -1.24. The van der Waals surface area contributed by atoms with Crippen molar-refractivity contribution in [2.24, 2.45) is 0 Å². The molecule has 0 atom stereocenters. The molecular formula is C15H19BrN4O. The highest BCUT2D eigenvalue weighted by atomic mass is 79.9. The second-order valence-corrected chi connectivity index (χ2v) is 6.36. The van der Waals surface area contributed by atoms with E-state index in [-0.39, 0.29) is 5.56 Å². The highest BCUT2D eigenvalue weighted by molar-refractivity contribution is 9.10. The van der Waals surface area contributed by atoms with Crippen molar-refractivity contribution in [1.82, 2.24) is 19.6 Å². The fraction of sp³-hybridized carbons (Fsp3) is 0.467. The van der Waals surface area contributed by atoms with E-state index in [1.807, 2.05) is 12.1 Å². The molecule has 2 aromatic heterocycles. The number of nitrogens with zero attached hydrogens (tertiary/aromatic N) is 3. The first-order valence-corrected chi connectivity index (χ1v) is 8.09. The zero-order chi connectivity index (χ0) is 14.8. The SMILES string of the molecule is CCCN(Cc1cc(=O)n2cc(Br)ccc2n1)C1CNC1. The van der Waals surface area contributed by atoms with E-state index in [1.54, 1.807) is 16.7 Å². The second kappa shape index (κ2) is 6.25. The van der Waals surface area contributed by atoms with Crippen LogP contribution in [-0.4, -0.2) is 40.0 Å². The minimum absolute atomic E-state index is 0.0283. The summed E-state index contributed by atoms with van der Waals surface area (Å²) >= 11 is 3.38. The summed E-state index contributed by atoms with van der Waals surface area (Å²) in [4.78, 5) is 19.2. The average Bonchev–Trinajstić information content (AvgIpc) is 2.38. The molecule has 2 aromatic rings. The summed E-state index contributed by atoms with van der Waals surface area (Å²) in [5.74, 6) is 0. The summed E-state index contributed by atoms with van der Waals surface area (Å²) in [6.45, 7) is 6.01. The molecule has 0 aliphatic carbocycles. The molecule has 1 N–H and O–H groups in total. The maximum atomic E-state index is 12.2. The fourth-order valence-electron chi connectivity index (χ4n) is 2.62. The maximum absolute atomic E-state index is 12.2. The first kappa shape index (κ1) is 14.7. The van der Waals surface area contributed by atoms with Crippen LogP contribution in [-0.2, 0) is 6.54 Å². The highest BCUT2D eigenvalue weighted by Crippen LogP contribution is 2.12. The van der Waals surface area contributed by atoms with Gasteiger partial charge in [0.05, 0.1) is 5.69 Å². The number of hydrogen-bond donors (Lipinski definition) is 1. The lowest BCUT2D eigenvalue weighted by Gasteiger charge is -2.38. The van der Waals surface area contributed by atoms with E-state index in [4.69, 9.17) is 0 Å². The summed E-state index contributed by atoms with van der Waals surface area (Å²) in [5.41, 5.74) is 1.52. The van der Waals surface area contributed by atoms with Crippen molar-refractivity contribution in [3.05, 3.63) is 44.9 Å². The summed E-state index contributed by atoms with van der Waals surface area (Å²) in [5, 5.41) is 3.30. The molecule has 0 bridgehead atoms. The number of nitrogens with one attached hydrogen (secondary N) is 1. The molecule has 3 rings (SSSR count). The van der Waals surface area contributed by atoms with Crippen LogP contribution in [0.4, 0.5) is 0 Å². The van der Waals surface area contributed by atoms with E-state index >= 15 is 0 Å². The molecular weight excluding hydrogens is 332 g/mol. The molecule has 6 heteroatoms. The van der Waals surface area contributed by atoms with E-state index in [9.17, 15) is 4.79 Å². The molecule has 3 heterocycles. The number of halogens is 1. The van der Waals surface area contributed by atoms with Crippen LogP contribution in [0, 0.1) is 0 Å². The highest BCUT2D eigenvalue weighted by Gasteiger charge is 2.24. The van der Waals surface area contributed by atoms with Gasteiger partial charge in [-0.1, -0.05) is 6.92 Å². The lowest BCUT2D eigenvalue weighted by molar-refractivity contribution is 0.136. The standard InChI is InChI=1S/C15H19BrN4O/c1-2-5-19(13-7-17-8-13)10-12-6-15(21)20-9-11(16)3-4-14(20)18-12/h3-4,6,9,13,17H,2,5,7-8,10H2,1H3. The lowest BCUT2D eigenvalue weighted by atomic mass is 10.1. The normalized spacial score (nSPS) is 15.6. The summed E-state index contributed by atoms with van der Waals surface area (Å²) in [7, 11) is 0. The Morgan fingerprint density at radius 3 is 2.95 bits per heavy atom. The molecule has 21 heavy (non-hydrogen) atoms. The third-order valence-electron chi connectivity index (χ3n) is 3.83. The van der Waals surface area contributed by atoms with Crippen molar-refractivity contribution in [2.45, 2.75) is 25.9 Å². The predicted octanol–water partition coefficient (Wildman–Crippen LogP) is 1.64. The minimum atomic E-state index is -0.0283. The first-order valence-electron chi connectivity index (χ1n) is 7.30. The van der Waals surface area contributed by atoms with Crippen LogP contribution in [0.15, 0.2) is 33.7 Å². The van der Waals surface area contributed by atoms with Crippen molar-refractivity contribution in [2.75, 3.05) is 19.6 Å². The second-order valence-electron chi connectivity index (χ2n) is 5.44. The monoisotopic (exact) mass is 350 g/mol. The van der Waals surface area contributed by atoms with Gasteiger partial charge in [0.1, 0.15) is 5.65 Å². The summed E-state index contributed by atoms with van der Waals surface area (Å²) < 4.78 is 2.45. The fourth-order valence-corrected chi connectivity index (χ4v) is 2.96. The van der Waals surface area contributed by atoms with Crippen LogP contribution in [0.5, 0.6) is 0 Å². The van der Waals surface area contributed by atoms with E-state index in [0.717, 1.165) is 42.8 Å². The van der Waals surface area contributed by atoms with Crippen molar-refractivity contribution < 1.29 is 0 Å². The first-order chi connectivity index (χ1) is 10.2. The van der Waals surface area contributed by atoms with Crippen LogP contribution in [0.25, 0.3) is 5.65 Å². The van der Waals surface area contributed by atoms with Crippen LogP contribution >= 0.6 is 15.9 Å². The lowest BCUT2D eigenvalue weighted by Crippen LogP contribution is -2.57. The Labute approximate surface area is 132 Å². The molecule has 1 saturated heterocycles. The van der Waals surface area contributed by atoms with Crippen molar-refractivity contribution in [3.63, 3.8) is 0 Å². The van der Waals surface area contributed by atoms with Gasteiger partial charge < -0.3 is 5.32 Å². The largest absolute Gasteiger partial charge is 0.314 e. The molecule has 0 unspecified atom stereocenters. The van der Waals surface area contributed by atoms with Gasteiger partial charge in [-0.2, -0.15) is 0 Å². The van der Waals surface area contributed by atoms with E-state index < -0.39 is 0 Å². The maximum Gasteiger partial charge on any atom is 0.258 e. The Bertz CT molecular complexity index is 696. The van der Waals surface area contributed by atoms with Gasteiger partial charge >= 0.3 is 0 Å². The Balaban J connectivity index is 1.89. The van der Waals surface area contributed by atoms with Gasteiger partial charge in [-0.25, -0.2) is 4.98 Å². The summed E-state index contributed by atoms with van der Waals surface area (Å²) in [6.07, 6.45) is 2.87. The van der Waals surface area contributed by atoms with Gasteiger partial charge in [0, 0.05) is 42.4 Å². The van der Waals surface area contributed by atoms with Gasteiger partial charge in [-0.15, -0.1) is 0 Å². The van der Waals surface area contributed by atoms with Gasteiger partial charge in [0.2, 0.25) is 0 Å². The Kier molecular flexibility index (Phi) is 4.37. The minimum Gasteiger partial charge on any atom is -0.314 e. The van der Waals surface area contributed by atoms with Gasteiger partial charge in [0.25, 0.3) is 5.56 Å². The Morgan fingerprint density at radius 1 is 1.48 bits per heavy atom. The molecule has 1 fully saturated rings. The van der Waals surface area contributed by atoms with Crippen LogP contribution in [0.1, 0.15) is 19.0 Å². The Morgan fingerprint density at radius 2 is 2.29 bits per heavy atom. The molecule has 112 valence electrons. The number of hydrogen-bond acceptors (Lipinski definition) is 4. The topological polar surface area (TPSA) is 49.6 Å². The molecule has 0 aromatic carbocycles. The molecule has 0 amide bonds. The quantitative estimate of drug-likeness (QED) is 0.890. The average molecular weight is 351 g/mol. The molecule has 0 saturated carbocycles. The zero-order valence-electron chi connectivity index (χ0n) is 12.1. The van der Waals surface area contributed by atoms with Crippen molar-refractivity contribution in [3.8, 4) is 0 Å². The van der Waals surface area contributed by atoms with Crippen molar-refractivity contribution in [1.29, 1.82) is 0 Å². The van der Waals surface area contributed by atoms with Gasteiger partial charge in [-0.05, 0) is 41.0 Å².